The lowest BCUT2D eigenvalue weighted by atomic mass is 9.76. The van der Waals surface area contributed by atoms with Crippen LogP contribution in [0.1, 0.15) is 53.9 Å². The van der Waals surface area contributed by atoms with E-state index in [4.69, 9.17) is 10.7 Å². The number of hydrogen-bond acceptors (Lipinski definition) is 6. The molecule has 174 valence electrons. The molecule has 10 heteroatoms. The van der Waals surface area contributed by atoms with Gasteiger partial charge in [0, 0.05) is 18.1 Å². The van der Waals surface area contributed by atoms with Crippen molar-refractivity contribution >= 4 is 32.9 Å². The van der Waals surface area contributed by atoms with Gasteiger partial charge in [-0.25, -0.2) is 13.4 Å². The fourth-order valence-electron chi connectivity index (χ4n) is 4.76. The van der Waals surface area contributed by atoms with E-state index >= 15 is 0 Å². The molecule has 1 saturated heterocycles. The maximum atomic E-state index is 13.1. The molecule has 1 aromatic carbocycles. The summed E-state index contributed by atoms with van der Waals surface area (Å²) in [6, 6.07) is 10.9. The van der Waals surface area contributed by atoms with Crippen molar-refractivity contribution in [3.63, 3.8) is 0 Å². The second-order valence-electron chi connectivity index (χ2n) is 9.45. The first-order valence-corrected chi connectivity index (χ1v) is 12.6. The first-order valence-electron chi connectivity index (χ1n) is 11.0. The van der Waals surface area contributed by atoms with Gasteiger partial charge in [-0.05, 0) is 68.5 Å². The van der Waals surface area contributed by atoms with Crippen molar-refractivity contribution in [1.82, 2.24) is 14.7 Å². The number of carbonyl (C=O) groups is 1. The molecule has 1 aliphatic carbocycles. The molecule has 0 unspecified atom stereocenters. The molecular weight excluding hydrogens is 452 g/mol. The molecule has 3 heterocycles. The largest absolute Gasteiger partial charge is 0.362 e. The summed E-state index contributed by atoms with van der Waals surface area (Å²) in [5, 5.41) is 23.6. The van der Waals surface area contributed by atoms with Gasteiger partial charge in [0.2, 0.25) is 0 Å². The van der Waals surface area contributed by atoms with E-state index in [1.807, 2.05) is 12.1 Å². The lowest BCUT2D eigenvalue weighted by Gasteiger charge is -2.47. The number of hydrogen-bond donors (Lipinski definition) is 3. The van der Waals surface area contributed by atoms with Crippen LogP contribution in [0.2, 0.25) is 0 Å². The Kier molecular flexibility index (Phi) is 4.81. The summed E-state index contributed by atoms with van der Waals surface area (Å²) < 4.78 is 26.5. The van der Waals surface area contributed by atoms with Gasteiger partial charge in [-0.3, -0.25) is 10.2 Å². The average molecular weight is 477 g/mol. The maximum absolute atomic E-state index is 13.1. The normalized spacial score (nSPS) is 22.6. The molecule has 1 fully saturated rings. The van der Waals surface area contributed by atoms with Crippen molar-refractivity contribution in [3.05, 3.63) is 65.1 Å². The number of sulfone groups is 1. The number of fused-ring (bicyclic) bond motifs is 3. The van der Waals surface area contributed by atoms with E-state index in [0.29, 0.717) is 23.3 Å². The standard InChI is InChI=1S/C24H24N6O3S/c1-23(2)22(26)29-24(14-34(23,32)33)9-3-4-16-6-7-17(10-18(16)24)27-21(31)19-13-30-12-15(11-25)5-8-20(30)28-19/h5-8,10,12-13H,3-4,9,14H2,1-2H3,(H2,26,29)(H,27,31)/t24-/m0/s1. The molecule has 2 aliphatic rings. The van der Waals surface area contributed by atoms with Crippen LogP contribution in [0.4, 0.5) is 5.69 Å². The van der Waals surface area contributed by atoms with E-state index in [0.717, 1.165) is 24.0 Å². The van der Waals surface area contributed by atoms with Crippen LogP contribution in [-0.2, 0) is 21.8 Å². The highest BCUT2D eigenvalue weighted by atomic mass is 32.2. The van der Waals surface area contributed by atoms with Crippen LogP contribution >= 0.6 is 0 Å². The second-order valence-corrected chi connectivity index (χ2v) is 12.0. The molecule has 3 N–H and O–H groups in total. The Hall–Kier alpha value is -3.71. The number of benzene rings is 1. The SMILES string of the molecule is CC1(C)C(=N)N[C@@]2(CCCc3ccc(NC(=O)c4cn5cc(C#N)ccc5n4)cc32)CS1(=O)=O. The average Bonchev–Trinajstić information content (AvgIpc) is 3.22. The van der Waals surface area contributed by atoms with Gasteiger partial charge in [0.1, 0.15) is 28.0 Å². The number of nitriles is 1. The molecule has 1 atom stereocenters. The summed E-state index contributed by atoms with van der Waals surface area (Å²) in [7, 11) is -3.57. The van der Waals surface area contributed by atoms with Gasteiger partial charge >= 0.3 is 0 Å². The summed E-state index contributed by atoms with van der Waals surface area (Å²) in [6.45, 7) is 3.11. The number of aryl methyl sites for hydroxylation is 1. The first-order chi connectivity index (χ1) is 16.0. The van der Waals surface area contributed by atoms with Gasteiger partial charge < -0.3 is 15.0 Å². The lowest BCUT2D eigenvalue weighted by Crippen LogP contribution is -2.65. The van der Waals surface area contributed by atoms with Crippen LogP contribution in [0.25, 0.3) is 5.65 Å². The number of pyridine rings is 1. The molecular formula is C24H24N6O3S. The number of nitrogens with zero attached hydrogens (tertiary/aromatic N) is 3. The number of amides is 1. The van der Waals surface area contributed by atoms with Crippen LogP contribution in [-0.4, -0.2) is 40.0 Å². The van der Waals surface area contributed by atoms with E-state index < -0.39 is 26.0 Å². The predicted octanol–water partition coefficient (Wildman–Crippen LogP) is 2.76. The number of carbonyl (C=O) groups excluding carboxylic acids is 1. The van der Waals surface area contributed by atoms with Crippen LogP contribution in [0, 0.1) is 16.7 Å². The minimum absolute atomic E-state index is 0.0116. The number of rotatable bonds is 2. The number of anilines is 1. The van der Waals surface area contributed by atoms with Crippen molar-refractivity contribution in [2.45, 2.75) is 43.4 Å². The number of aromatic nitrogens is 2. The van der Waals surface area contributed by atoms with Gasteiger partial charge in [0.25, 0.3) is 5.91 Å². The molecule has 0 bridgehead atoms. The highest BCUT2D eigenvalue weighted by Crippen LogP contribution is 2.42. The van der Waals surface area contributed by atoms with Crippen molar-refractivity contribution in [1.29, 1.82) is 10.7 Å². The predicted molar refractivity (Wildman–Crippen MR) is 128 cm³/mol. The minimum atomic E-state index is -3.57. The molecule has 2 aromatic heterocycles. The summed E-state index contributed by atoms with van der Waals surface area (Å²) in [5.41, 5.74) is 2.65. The van der Waals surface area contributed by atoms with Gasteiger partial charge in [0.05, 0.1) is 16.9 Å². The summed E-state index contributed by atoms with van der Waals surface area (Å²) in [5.74, 6) is -0.527. The van der Waals surface area contributed by atoms with Crippen molar-refractivity contribution in [2.75, 3.05) is 11.1 Å². The second kappa shape index (κ2) is 7.40. The smallest absolute Gasteiger partial charge is 0.275 e. The zero-order valence-corrected chi connectivity index (χ0v) is 19.7. The van der Waals surface area contributed by atoms with Gasteiger partial charge in [-0.15, -0.1) is 0 Å². The van der Waals surface area contributed by atoms with Crippen molar-refractivity contribution < 1.29 is 13.2 Å². The van der Waals surface area contributed by atoms with E-state index in [1.54, 1.807) is 48.8 Å². The Balaban J connectivity index is 1.48. The molecule has 0 radical (unpaired) electrons. The fourth-order valence-corrected chi connectivity index (χ4v) is 6.51. The quantitative estimate of drug-likeness (QED) is 0.519. The molecule has 34 heavy (non-hydrogen) atoms. The van der Waals surface area contributed by atoms with Gasteiger partial charge in [-0.1, -0.05) is 6.07 Å². The van der Waals surface area contributed by atoms with Crippen LogP contribution in [0.15, 0.2) is 42.7 Å². The minimum Gasteiger partial charge on any atom is -0.362 e. The third kappa shape index (κ3) is 3.35. The number of nitrogens with one attached hydrogen (secondary N) is 3. The Morgan fingerprint density at radius 2 is 2.06 bits per heavy atom. The Morgan fingerprint density at radius 1 is 1.26 bits per heavy atom. The molecule has 1 aliphatic heterocycles. The van der Waals surface area contributed by atoms with E-state index in [1.165, 1.54) is 0 Å². The fraction of sp³-hybridized carbons (Fsp3) is 0.333. The van der Waals surface area contributed by atoms with Crippen LogP contribution in [0.5, 0.6) is 0 Å². The Labute approximate surface area is 197 Å². The molecule has 9 nitrogen and oxygen atoms in total. The van der Waals surface area contributed by atoms with E-state index in [2.05, 4.69) is 21.7 Å². The number of imidazole rings is 1. The maximum Gasteiger partial charge on any atom is 0.275 e. The van der Waals surface area contributed by atoms with Gasteiger partial charge in [-0.2, -0.15) is 5.26 Å². The molecule has 0 saturated carbocycles. The van der Waals surface area contributed by atoms with Gasteiger partial charge in [0.15, 0.2) is 9.84 Å². The topological polar surface area (TPSA) is 140 Å². The monoisotopic (exact) mass is 476 g/mol. The molecule has 5 rings (SSSR count). The summed E-state index contributed by atoms with van der Waals surface area (Å²) >= 11 is 0. The zero-order chi connectivity index (χ0) is 24.3. The highest BCUT2D eigenvalue weighted by molar-refractivity contribution is 7.93. The van der Waals surface area contributed by atoms with Crippen molar-refractivity contribution in [3.8, 4) is 6.07 Å². The third-order valence-corrected chi connectivity index (χ3v) is 9.56. The number of amidine groups is 1. The first kappa shape index (κ1) is 22.1. The van der Waals surface area contributed by atoms with Crippen molar-refractivity contribution in [2.24, 2.45) is 0 Å². The molecule has 1 amide bonds. The molecule has 1 spiro atoms. The lowest BCUT2D eigenvalue weighted by molar-refractivity contribution is 0.102. The third-order valence-electron chi connectivity index (χ3n) is 6.93. The highest BCUT2D eigenvalue weighted by Gasteiger charge is 2.53. The van der Waals surface area contributed by atoms with E-state index in [9.17, 15) is 13.2 Å². The molecule has 3 aromatic rings. The zero-order valence-electron chi connectivity index (χ0n) is 18.8. The Morgan fingerprint density at radius 3 is 2.79 bits per heavy atom. The summed E-state index contributed by atoms with van der Waals surface area (Å²) in [4.78, 5) is 17.2. The van der Waals surface area contributed by atoms with Crippen LogP contribution in [0.3, 0.4) is 0 Å². The summed E-state index contributed by atoms with van der Waals surface area (Å²) in [6.07, 6.45) is 5.36. The Bertz CT molecular complexity index is 1520. The van der Waals surface area contributed by atoms with E-state index in [-0.39, 0.29) is 17.3 Å². The van der Waals surface area contributed by atoms with Crippen LogP contribution < -0.4 is 10.6 Å².